The Morgan fingerprint density at radius 3 is 2.58 bits per heavy atom. The van der Waals surface area contributed by atoms with E-state index in [2.05, 4.69) is 26.1 Å². The number of nitrogens with two attached hydrogens (primary N) is 1. The first-order valence-corrected chi connectivity index (χ1v) is 7.49. The van der Waals surface area contributed by atoms with Crippen LogP contribution in [-0.4, -0.2) is 12.1 Å². The molecule has 1 aromatic rings. The standard InChI is InChI=1S/C16H25ClN2/c1-12-10-15(2,3)8-9-16(12,11-18)19-14-7-5-4-6-13(14)17/h4-7,12,19H,8-11,18H2,1-3H3. The zero-order valence-electron chi connectivity index (χ0n) is 12.2. The highest BCUT2D eigenvalue weighted by molar-refractivity contribution is 6.33. The fraction of sp³-hybridized carbons (Fsp3) is 0.625. The molecular weight excluding hydrogens is 256 g/mol. The number of hydrogen-bond acceptors (Lipinski definition) is 2. The van der Waals surface area contributed by atoms with Crippen molar-refractivity contribution in [2.45, 2.75) is 45.6 Å². The third-order valence-electron chi connectivity index (χ3n) is 4.67. The lowest BCUT2D eigenvalue weighted by molar-refractivity contribution is 0.120. The van der Waals surface area contributed by atoms with Crippen LogP contribution in [0.4, 0.5) is 5.69 Å². The molecule has 19 heavy (non-hydrogen) atoms. The summed E-state index contributed by atoms with van der Waals surface area (Å²) in [5.41, 5.74) is 7.50. The number of benzene rings is 1. The van der Waals surface area contributed by atoms with E-state index in [-0.39, 0.29) is 5.54 Å². The number of anilines is 1. The zero-order valence-corrected chi connectivity index (χ0v) is 12.9. The fourth-order valence-corrected chi connectivity index (χ4v) is 3.49. The number of rotatable bonds is 3. The van der Waals surface area contributed by atoms with E-state index in [1.54, 1.807) is 0 Å². The molecule has 0 saturated heterocycles. The maximum absolute atomic E-state index is 6.26. The van der Waals surface area contributed by atoms with E-state index >= 15 is 0 Å². The van der Waals surface area contributed by atoms with E-state index in [9.17, 15) is 0 Å². The van der Waals surface area contributed by atoms with Crippen LogP contribution in [0.25, 0.3) is 0 Å². The Hall–Kier alpha value is -0.730. The number of halogens is 1. The van der Waals surface area contributed by atoms with Crippen molar-refractivity contribution in [3.05, 3.63) is 29.3 Å². The largest absolute Gasteiger partial charge is 0.377 e. The average molecular weight is 281 g/mol. The molecule has 3 N–H and O–H groups in total. The molecule has 1 aromatic carbocycles. The summed E-state index contributed by atoms with van der Waals surface area (Å²) in [6.07, 6.45) is 3.50. The van der Waals surface area contributed by atoms with E-state index in [1.807, 2.05) is 24.3 Å². The maximum atomic E-state index is 6.26. The summed E-state index contributed by atoms with van der Waals surface area (Å²) in [6, 6.07) is 7.92. The Labute approximate surface area is 121 Å². The molecule has 2 nitrogen and oxygen atoms in total. The highest BCUT2D eigenvalue weighted by atomic mass is 35.5. The van der Waals surface area contributed by atoms with Crippen LogP contribution < -0.4 is 11.1 Å². The molecule has 2 rings (SSSR count). The SMILES string of the molecule is CC1CC(C)(C)CCC1(CN)Nc1ccccc1Cl. The molecule has 2 atom stereocenters. The zero-order chi connectivity index (χ0) is 14.1. The predicted octanol–water partition coefficient (Wildman–Crippen LogP) is 4.30. The van der Waals surface area contributed by atoms with Crippen molar-refractivity contribution in [2.24, 2.45) is 17.1 Å². The topological polar surface area (TPSA) is 38.0 Å². The van der Waals surface area contributed by atoms with Gasteiger partial charge >= 0.3 is 0 Å². The van der Waals surface area contributed by atoms with Gasteiger partial charge in [-0.25, -0.2) is 0 Å². The van der Waals surface area contributed by atoms with Gasteiger partial charge in [0.2, 0.25) is 0 Å². The normalized spacial score (nSPS) is 30.1. The van der Waals surface area contributed by atoms with Crippen LogP contribution >= 0.6 is 11.6 Å². The van der Waals surface area contributed by atoms with Gasteiger partial charge in [-0.05, 0) is 42.7 Å². The van der Waals surface area contributed by atoms with Crippen molar-refractivity contribution in [3.8, 4) is 0 Å². The van der Waals surface area contributed by atoms with Crippen molar-refractivity contribution in [1.82, 2.24) is 0 Å². The molecule has 106 valence electrons. The second-order valence-electron chi connectivity index (χ2n) is 6.73. The van der Waals surface area contributed by atoms with Crippen molar-refractivity contribution in [2.75, 3.05) is 11.9 Å². The van der Waals surface area contributed by atoms with Crippen LogP contribution in [0, 0.1) is 11.3 Å². The van der Waals surface area contributed by atoms with Gasteiger partial charge in [0.05, 0.1) is 16.2 Å². The molecule has 0 radical (unpaired) electrons. The minimum atomic E-state index is -0.0273. The first kappa shape index (κ1) is 14.7. The van der Waals surface area contributed by atoms with Gasteiger partial charge in [0.15, 0.2) is 0 Å². The second kappa shape index (κ2) is 5.34. The average Bonchev–Trinajstić information content (AvgIpc) is 2.35. The van der Waals surface area contributed by atoms with E-state index in [1.165, 1.54) is 12.8 Å². The van der Waals surface area contributed by atoms with Gasteiger partial charge in [-0.15, -0.1) is 0 Å². The highest BCUT2D eigenvalue weighted by Gasteiger charge is 2.43. The van der Waals surface area contributed by atoms with E-state index in [0.29, 0.717) is 17.9 Å². The third kappa shape index (κ3) is 3.06. The Bertz CT molecular complexity index is 444. The molecule has 0 spiro atoms. The van der Waals surface area contributed by atoms with Gasteiger partial charge in [-0.3, -0.25) is 0 Å². The van der Waals surface area contributed by atoms with E-state index < -0.39 is 0 Å². The Morgan fingerprint density at radius 1 is 1.32 bits per heavy atom. The fourth-order valence-electron chi connectivity index (χ4n) is 3.30. The first-order chi connectivity index (χ1) is 8.88. The summed E-state index contributed by atoms with van der Waals surface area (Å²) in [4.78, 5) is 0. The lowest BCUT2D eigenvalue weighted by Gasteiger charge is -2.49. The summed E-state index contributed by atoms with van der Waals surface area (Å²) in [5.74, 6) is 0.539. The molecule has 3 heteroatoms. The van der Waals surface area contributed by atoms with Crippen molar-refractivity contribution < 1.29 is 0 Å². The molecule has 1 saturated carbocycles. The Kier molecular flexibility index (Phi) is 4.12. The molecule has 0 amide bonds. The second-order valence-corrected chi connectivity index (χ2v) is 7.14. The predicted molar refractivity (Wildman–Crippen MR) is 83.7 cm³/mol. The van der Waals surface area contributed by atoms with Crippen LogP contribution in [0.15, 0.2) is 24.3 Å². The molecule has 1 fully saturated rings. The van der Waals surface area contributed by atoms with Gasteiger partial charge < -0.3 is 11.1 Å². The number of hydrogen-bond donors (Lipinski definition) is 2. The smallest absolute Gasteiger partial charge is 0.0637 e. The lowest BCUT2D eigenvalue weighted by Crippen LogP contribution is -2.55. The molecule has 1 aliphatic carbocycles. The van der Waals surface area contributed by atoms with Crippen LogP contribution in [0.5, 0.6) is 0 Å². The monoisotopic (exact) mass is 280 g/mol. The van der Waals surface area contributed by atoms with Gasteiger partial charge in [0, 0.05) is 6.54 Å². The minimum Gasteiger partial charge on any atom is -0.377 e. The van der Waals surface area contributed by atoms with Crippen LogP contribution in [-0.2, 0) is 0 Å². The summed E-state index contributed by atoms with van der Waals surface area (Å²) < 4.78 is 0. The first-order valence-electron chi connectivity index (χ1n) is 7.11. The molecule has 0 heterocycles. The molecule has 2 unspecified atom stereocenters. The van der Waals surface area contributed by atoms with E-state index in [0.717, 1.165) is 17.1 Å². The van der Waals surface area contributed by atoms with Crippen LogP contribution in [0.3, 0.4) is 0 Å². The highest BCUT2D eigenvalue weighted by Crippen LogP contribution is 2.45. The summed E-state index contributed by atoms with van der Waals surface area (Å²) in [7, 11) is 0. The van der Waals surface area contributed by atoms with Gasteiger partial charge in [0.1, 0.15) is 0 Å². The van der Waals surface area contributed by atoms with Gasteiger partial charge in [0.25, 0.3) is 0 Å². The Balaban J connectivity index is 2.22. The summed E-state index contributed by atoms with van der Waals surface area (Å²) in [6.45, 7) is 7.64. The number of nitrogens with one attached hydrogen (secondary N) is 1. The quantitative estimate of drug-likeness (QED) is 0.866. The van der Waals surface area contributed by atoms with Crippen LogP contribution in [0.1, 0.15) is 40.0 Å². The van der Waals surface area contributed by atoms with E-state index in [4.69, 9.17) is 17.3 Å². The minimum absolute atomic E-state index is 0.0273. The molecule has 0 aromatic heterocycles. The summed E-state index contributed by atoms with van der Waals surface area (Å²) in [5, 5.41) is 4.41. The molecule has 1 aliphatic rings. The van der Waals surface area contributed by atoms with Gasteiger partial charge in [-0.2, -0.15) is 0 Å². The van der Waals surface area contributed by atoms with Crippen molar-refractivity contribution in [1.29, 1.82) is 0 Å². The van der Waals surface area contributed by atoms with Gasteiger partial charge in [-0.1, -0.05) is 44.5 Å². The van der Waals surface area contributed by atoms with Crippen LogP contribution in [0.2, 0.25) is 5.02 Å². The summed E-state index contributed by atoms with van der Waals surface area (Å²) >= 11 is 6.26. The maximum Gasteiger partial charge on any atom is 0.0637 e. The lowest BCUT2D eigenvalue weighted by atomic mass is 9.63. The molecule has 0 bridgehead atoms. The molecular formula is C16H25ClN2. The van der Waals surface area contributed by atoms with Crippen molar-refractivity contribution >= 4 is 17.3 Å². The Morgan fingerprint density at radius 2 is 2.00 bits per heavy atom. The number of para-hydroxylation sites is 1. The van der Waals surface area contributed by atoms with Crippen molar-refractivity contribution in [3.63, 3.8) is 0 Å². The third-order valence-corrected chi connectivity index (χ3v) is 5.00. The molecule has 0 aliphatic heterocycles.